The molecule has 0 spiro atoms. The zero-order chi connectivity index (χ0) is 23.8. The van der Waals surface area contributed by atoms with Crippen LogP contribution >= 0.6 is 0 Å². The first-order valence-corrected chi connectivity index (χ1v) is 13.1. The molecule has 31 heavy (non-hydrogen) atoms. The van der Waals surface area contributed by atoms with E-state index >= 15 is 0 Å². The van der Waals surface area contributed by atoms with Crippen molar-refractivity contribution in [3.63, 3.8) is 0 Å². The van der Waals surface area contributed by atoms with Crippen molar-refractivity contribution in [3.8, 4) is 0 Å². The summed E-state index contributed by atoms with van der Waals surface area (Å²) in [7, 11) is -5.22. The molecule has 0 aliphatic heterocycles. The van der Waals surface area contributed by atoms with E-state index in [2.05, 4.69) is 6.92 Å². The Hall–Kier alpha value is -1.48. The lowest BCUT2D eigenvalue weighted by Crippen LogP contribution is -2.58. The number of hydrogen-bond donors (Lipinski definition) is 3. The maximum atomic E-state index is 12.4. The Bertz CT molecular complexity index is 650. The van der Waals surface area contributed by atoms with Gasteiger partial charge in [-0.25, -0.2) is 0 Å². The number of Topliss-reactive ketones (excluding diaryl/α,β-unsaturated/α-hetero) is 1. The quantitative estimate of drug-likeness (QED) is 0.134. The van der Waals surface area contributed by atoms with Gasteiger partial charge in [0.1, 0.15) is 0 Å². The zero-order valence-corrected chi connectivity index (χ0v) is 19.9. The summed E-state index contributed by atoms with van der Waals surface area (Å²) >= 11 is 0. The molecule has 0 aromatic heterocycles. The van der Waals surface area contributed by atoms with Gasteiger partial charge in [0.25, 0.3) is 10.1 Å². The molecule has 8 nitrogen and oxygen atoms in total. The zero-order valence-electron chi connectivity index (χ0n) is 19.1. The van der Waals surface area contributed by atoms with Gasteiger partial charge in [-0.05, 0) is 6.42 Å². The Morgan fingerprint density at radius 2 is 1.06 bits per heavy atom. The number of unbranched alkanes of at least 4 members (excludes halogenated alkanes) is 14. The van der Waals surface area contributed by atoms with Crippen molar-refractivity contribution in [2.24, 2.45) is 11.5 Å². The van der Waals surface area contributed by atoms with Crippen molar-refractivity contribution >= 4 is 27.7 Å². The third kappa shape index (κ3) is 11.6. The molecule has 1 atom stereocenters. The highest BCUT2D eigenvalue weighted by molar-refractivity contribution is 7.89. The van der Waals surface area contributed by atoms with Gasteiger partial charge < -0.3 is 11.5 Å². The molecule has 5 N–H and O–H groups in total. The molecule has 1 unspecified atom stereocenters. The summed E-state index contributed by atoms with van der Waals surface area (Å²) in [6.45, 7) is 2.23. The van der Waals surface area contributed by atoms with Crippen molar-refractivity contribution in [1.82, 2.24) is 0 Å². The summed E-state index contributed by atoms with van der Waals surface area (Å²) in [5.41, 5.74) is 10.0. The minimum Gasteiger partial charge on any atom is -0.370 e. The van der Waals surface area contributed by atoms with E-state index in [0.717, 1.165) is 19.3 Å². The fraction of sp³-hybridized carbons (Fsp3) is 0.864. The third-order valence-corrected chi connectivity index (χ3v) is 7.17. The monoisotopic (exact) mass is 462 g/mol. The average Bonchev–Trinajstić information content (AvgIpc) is 2.67. The predicted octanol–water partition coefficient (Wildman–Crippen LogP) is 3.80. The lowest BCUT2D eigenvalue weighted by atomic mass is 9.93. The van der Waals surface area contributed by atoms with Crippen LogP contribution in [0.25, 0.3) is 0 Å². The maximum Gasteiger partial charge on any atom is 0.287 e. The Kier molecular flexibility index (Phi) is 15.4. The average molecular weight is 463 g/mol. The lowest BCUT2D eigenvalue weighted by molar-refractivity contribution is -0.134. The Morgan fingerprint density at radius 1 is 0.710 bits per heavy atom. The van der Waals surface area contributed by atoms with Crippen LogP contribution in [0.1, 0.15) is 116 Å². The summed E-state index contributed by atoms with van der Waals surface area (Å²) in [5.74, 6) is -3.88. The first-order chi connectivity index (χ1) is 14.6. The third-order valence-electron chi connectivity index (χ3n) is 5.72. The highest BCUT2D eigenvalue weighted by atomic mass is 32.2. The van der Waals surface area contributed by atoms with Crippen LogP contribution in [0, 0.1) is 0 Å². The number of rotatable bonds is 21. The van der Waals surface area contributed by atoms with Crippen LogP contribution in [0.2, 0.25) is 0 Å². The van der Waals surface area contributed by atoms with E-state index in [9.17, 15) is 27.4 Å². The van der Waals surface area contributed by atoms with Crippen LogP contribution in [0.3, 0.4) is 0 Å². The van der Waals surface area contributed by atoms with E-state index in [1.54, 1.807) is 0 Å². The molecule has 0 radical (unpaired) electrons. The van der Waals surface area contributed by atoms with Crippen molar-refractivity contribution in [1.29, 1.82) is 0 Å². The summed E-state index contributed by atoms with van der Waals surface area (Å²) in [6, 6.07) is 0. The number of carbonyl (C=O) groups is 3. The van der Waals surface area contributed by atoms with E-state index in [-0.39, 0.29) is 6.42 Å². The smallest absolute Gasteiger partial charge is 0.287 e. The molecule has 9 heteroatoms. The molecule has 0 rings (SSSR count). The molecule has 0 aromatic rings. The highest BCUT2D eigenvalue weighted by Crippen LogP contribution is 2.25. The molecule has 182 valence electrons. The van der Waals surface area contributed by atoms with Gasteiger partial charge >= 0.3 is 0 Å². The fourth-order valence-electron chi connectivity index (χ4n) is 3.79. The van der Waals surface area contributed by atoms with Crippen LogP contribution in [0.15, 0.2) is 0 Å². The molecule has 0 aromatic carbocycles. The second kappa shape index (κ2) is 16.2. The van der Waals surface area contributed by atoms with Gasteiger partial charge in [0.15, 0.2) is 5.78 Å². The van der Waals surface area contributed by atoms with Gasteiger partial charge in [-0.15, -0.1) is 0 Å². The number of ketones is 1. The minimum absolute atomic E-state index is 0.270. The second-order valence-corrected chi connectivity index (χ2v) is 10.1. The first kappa shape index (κ1) is 29.5. The first-order valence-electron chi connectivity index (χ1n) is 11.7. The van der Waals surface area contributed by atoms with Crippen LogP contribution < -0.4 is 11.5 Å². The SMILES string of the molecule is CCCCCCCCCCCCCCCCCC(=O)C(CC(N)=O)(C(N)=O)S(=O)(=O)O. The maximum absolute atomic E-state index is 12.4. The topological polar surface area (TPSA) is 158 Å². The van der Waals surface area contributed by atoms with E-state index in [4.69, 9.17) is 11.5 Å². The molecule has 0 heterocycles. The van der Waals surface area contributed by atoms with Crippen LogP contribution in [-0.2, 0) is 24.5 Å². The summed E-state index contributed by atoms with van der Waals surface area (Å²) in [6.07, 6.45) is 15.6. The van der Waals surface area contributed by atoms with E-state index < -0.39 is 38.9 Å². The van der Waals surface area contributed by atoms with Gasteiger partial charge in [-0.1, -0.05) is 96.8 Å². The number of nitrogens with two attached hydrogens (primary N) is 2. The van der Waals surface area contributed by atoms with Gasteiger partial charge in [0.05, 0.1) is 6.42 Å². The van der Waals surface area contributed by atoms with Crippen molar-refractivity contribution in [3.05, 3.63) is 0 Å². The molecule has 0 fully saturated rings. The molecular formula is C22H42N2O6S. The summed E-state index contributed by atoms with van der Waals surface area (Å²) in [5, 5.41) is 0. The van der Waals surface area contributed by atoms with Gasteiger partial charge in [0, 0.05) is 6.42 Å². The Balaban J connectivity index is 4.00. The summed E-state index contributed by atoms with van der Waals surface area (Å²) in [4.78, 5) is 35.2. The van der Waals surface area contributed by atoms with Crippen molar-refractivity contribution < 1.29 is 27.4 Å². The van der Waals surface area contributed by atoms with Gasteiger partial charge in [-0.3, -0.25) is 18.9 Å². The van der Waals surface area contributed by atoms with Crippen molar-refractivity contribution in [2.45, 2.75) is 121 Å². The normalized spacial score (nSPS) is 13.6. The van der Waals surface area contributed by atoms with E-state index in [1.165, 1.54) is 64.2 Å². The molecule has 0 saturated heterocycles. The van der Waals surface area contributed by atoms with E-state index in [1.807, 2.05) is 0 Å². The fourth-order valence-corrected chi connectivity index (χ4v) is 4.76. The number of carbonyl (C=O) groups excluding carboxylic acids is 3. The van der Waals surface area contributed by atoms with Crippen LogP contribution in [-0.4, -0.2) is 35.3 Å². The van der Waals surface area contributed by atoms with Crippen LogP contribution in [0.4, 0.5) is 0 Å². The number of hydrogen-bond acceptors (Lipinski definition) is 5. The minimum atomic E-state index is -5.22. The molecule has 0 aliphatic rings. The molecular weight excluding hydrogens is 420 g/mol. The molecule has 0 aliphatic carbocycles. The predicted molar refractivity (Wildman–Crippen MR) is 122 cm³/mol. The molecule has 0 bridgehead atoms. The van der Waals surface area contributed by atoms with Crippen LogP contribution in [0.5, 0.6) is 0 Å². The molecule has 0 saturated carbocycles. The number of amides is 2. The second-order valence-electron chi connectivity index (χ2n) is 8.43. The highest BCUT2D eigenvalue weighted by Gasteiger charge is 2.56. The Labute approximate surface area is 187 Å². The number of primary amides is 2. The Morgan fingerprint density at radius 3 is 1.35 bits per heavy atom. The van der Waals surface area contributed by atoms with Gasteiger partial charge in [-0.2, -0.15) is 8.42 Å². The lowest BCUT2D eigenvalue weighted by Gasteiger charge is -2.24. The summed E-state index contributed by atoms with van der Waals surface area (Å²) < 4.78 is 29.7. The largest absolute Gasteiger partial charge is 0.370 e. The standard InChI is InChI=1S/C22H42N2O6S/c1-2-3-4-5-6-7-8-9-10-11-12-13-14-15-16-17-19(25)22(21(24)27,18-20(23)26)31(28,29)30/h2-18H2,1H3,(H2,23,26)(H2,24,27)(H,28,29,30). The molecule has 2 amide bonds. The van der Waals surface area contributed by atoms with Gasteiger partial charge in [0.2, 0.25) is 16.6 Å². The van der Waals surface area contributed by atoms with Crippen molar-refractivity contribution in [2.75, 3.05) is 0 Å². The van der Waals surface area contributed by atoms with E-state index in [0.29, 0.717) is 12.8 Å².